The van der Waals surface area contributed by atoms with Crippen molar-refractivity contribution in [2.45, 2.75) is 45.6 Å². The Bertz CT molecular complexity index is 1490. The van der Waals surface area contributed by atoms with Crippen LogP contribution in [0.5, 0.6) is 0 Å². The Morgan fingerprint density at radius 2 is 1.70 bits per heavy atom. The molecule has 0 bridgehead atoms. The average molecular weight is 499 g/mol. The average Bonchev–Trinajstić information content (AvgIpc) is 3.26. The van der Waals surface area contributed by atoms with Crippen LogP contribution >= 0.6 is 0 Å². The number of ketones is 1. The molecule has 0 atom stereocenters. The third-order valence-corrected chi connectivity index (χ3v) is 7.18. The molecule has 3 aromatic rings. The number of H-pyrrole nitrogens is 1. The van der Waals surface area contributed by atoms with E-state index < -0.39 is 11.0 Å². The van der Waals surface area contributed by atoms with Crippen molar-refractivity contribution in [2.24, 2.45) is 0 Å². The molecule has 5 rings (SSSR count). The first-order chi connectivity index (χ1) is 17.4. The van der Waals surface area contributed by atoms with E-state index >= 15 is 0 Å². The van der Waals surface area contributed by atoms with Gasteiger partial charge in [0.2, 0.25) is 0 Å². The number of ether oxygens (including phenoxy) is 1. The number of fused-ring (bicyclic) bond motifs is 4. The highest BCUT2D eigenvalue weighted by molar-refractivity contribution is 6.20. The number of nitrogens with one attached hydrogen (secondary N) is 1. The van der Waals surface area contributed by atoms with Crippen LogP contribution in [0.25, 0.3) is 10.9 Å². The highest BCUT2D eigenvalue weighted by Crippen LogP contribution is 2.44. The van der Waals surface area contributed by atoms with Crippen LogP contribution in [-0.2, 0) is 10.2 Å². The van der Waals surface area contributed by atoms with Crippen molar-refractivity contribution in [1.82, 2.24) is 14.8 Å². The van der Waals surface area contributed by atoms with Crippen LogP contribution in [0.1, 0.15) is 77.7 Å². The summed E-state index contributed by atoms with van der Waals surface area (Å²) in [6.45, 7) is 11.2. The fourth-order valence-corrected chi connectivity index (χ4v) is 5.23. The summed E-state index contributed by atoms with van der Waals surface area (Å²) in [6.07, 6.45) is -0.371. The Morgan fingerprint density at radius 3 is 2.35 bits per heavy atom. The number of amides is 2. The van der Waals surface area contributed by atoms with Crippen LogP contribution in [0.15, 0.2) is 36.4 Å². The minimum atomic E-state index is -0.569. The number of nitrogens with zero attached hydrogens (tertiary/aromatic N) is 3. The molecule has 1 aliphatic carbocycles. The van der Waals surface area contributed by atoms with Crippen molar-refractivity contribution in [3.8, 4) is 6.07 Å². The van der Waals surface area contributed by atoms with E-state index in [-0.39, 0.29) is 17.8 Å². The Balaban J connectivity index is 1.41. The molecule has 1 aromatic heterocycles. The third kappa shape index (κ3) is 4.14. The smallest absolute Gasteiger partial charge is 0.410 e. The lowest BCUT2D eigenvalue weighted by molar-refractivity contribution is 0.0141. The van der Waals surface area contributed by atoms with Crippen LogP contribution < -0.4 is 0 Å². The molecule has 0 saturated carbocycles. The second kappa shape index (κ2) is 8.48. The van der Waals surface area contributed by atoms with Gasteiger partial charge in [-0.1, -0.05) is 19.9 Å². The van der Waals surface area contributed by atoms with E-state index in [2.05, 4.69) is 11.1 Å². The lowest BCUT2D eigenvalue weighted by atomic mass is 9.71. The van der Waals surface area contributed by atoms with Gasteiger partial charge in [-0.2, -0.15) is 5.26 Å². The number of aromatic nitrogens is 1. The number of hydrogen-bond donors (Lipinski definition) is 1. The Hall–Kier alpha value is -4.12. The predicted molar refractivity (Wildman–Crippen MR) is 139 cm³/mol. The first-order valence-corrected chi connectivity index (χ1v) is 12.4. The number of rotatable bonds is 1. The summed E-state index contributed by atoms with van der Waals surface area (Å²) in [4.78, 5) is 46.1. The van der Waals surface area contributed by atoms with Crippen molar-refractivity contribution >= 4 is 28.7 Å². The molecule has 2 aliphatic rings. The molecule has 1 aliphatic heterocycles. The number of carbonyl (C=O) groups is 3. The maximum Gasteiger partial charge on any atom is 0.410 e. The molecule has 1 saturated heterocycles. The number of carbonyl (C=O) groups excluding carboxylic acids is 3. The summed E-state index contributed by atoms with van der Waals surface area (Å²) in [5.74, 6) is -0.221. The van der Waals surface area contributed by atoms with Gasteiger partial charge < -0.3 is 19.5 Å². The predicted octanol–water partition coefficient (Wildman–Crippen LogP) is 4.60. The van der Waals surface area contributed by atoms with Crippen LogP contribution in [0.2, 0.25) is 0 Å². The SMILES string of the molecule is CC(C)(C)OC(=O)N1CCN(C(=O)c2ccc3c(c2)C(C)(C)c2[nH]c4cc(C#N)ccc4c2C3=O)CC1. The Kier molecular flexibility index (Phi) is 5.63. The van der Waals surface area contributed by atoms with Gasteiger partial charge in [0.25, 0.3) is 5.91 Å². The van der Waals surface area contributed by atoms with Crippen molar-refractivity contribution < 1.29 is 19.1 Å². The maximum atomic E-state index is 13.6. The van der Waals surface area contributed by atoms with Crippen LogP contribution in [0.4, 0.5) is 4.79 Å². The molecule has 0 unspecified atom stereocenters. The molecule has 1 N–H and O–H groups in total. The van der Waals surface area contributed by atoms with Crippen molar-refractivity contribution in [2.75, 3.05) is 26.2 Å². The summed E-state index contributed by atoms with van der Waals surface area (Å²) in [7, 11) is 0. The van der Waals surface area contributed by atoms with Gasteiger partial charge in [-0.3, -0.25) is 9.59 Å². The van der Waals surface area contributed by atoms with Crippen molar-refractivity contribution in [3.05, 3.63) is 69.9 Å². The zero-order valence-electron chi connectivity index (χ0n) is 21.8. The zero-order chi connectivity index (χ0) is 26.7. The summed E-state index contributed by atoms with van der Waals surface area (Å²) >= 11 is 0. The number of aromatic amines is 1. The normalized spacial score (nSPS) is 16.7. The molecular weight excluding hydrogens is 468 g/mol. The highest BCUT2D eigenvalue weighted by Gasteiger charge is 2.40. The molecule has 0 spiro atoms. The summed E-state index contributed by atoms with van der Waals surface area (Å²) in [5.41, 5.74) is 3.42. The second-order valence-corrected chi connectivity index (χ2v) is 11.2. The molecule has 0 radical (unpaired) electrons. The highest BCUT2D eigenvalue weighted by atomic mass is 16.6. The van der Waals surface area contributed by atoms with Gasteiger partial charge in [0.15, 0.2) is 5.78 Å². The molecule has 37 heavy (non-hydrogen) atoms. The van der Waals surface area contributed by atoms with Gasteiger partial charge in [0, 0.05) is 59.3 Å². The third-order valence-electron chi connectivity index (χ3n) is 7.18. The van der Waals surface area contributed by atoms with E-state index in [0.29, 0.717) is 48.4 Å². The number of nitriles is 1. The van der Waals surface area contributed by atoms with E-state index in [4.69, 9.17) is 4.74 Å². The van der Waals surface area contributed by atoms with Crippen LogP contribution in [0, 0.1) is 11.3 Å². The lowest BCUT2D eigenvalue weighted by Gasteiger charge is -2.36. The van der Waals surface area contributed by atoms with Crippen molar-refractivity contribution in [1.29, 1.82) is 5.26 Å². The minimum Gasteiger partial charge on any atom is -0.444 e. The number of benzene rings is 2. The molecule has 8 heteroatoms. The summed E-state index contributed by atoms with van der Waals surface area (Å²) < 4.78 is 5.45. The standard InChI is InChI=1S/C29H30N4O4/c1-28(2,3)37-27(36)33-12-10-32(11-13-33)26(35)18-7-9-19-21(15-18)29(4,5)25-23(24(19)34)20-8-6-17(16-30)14-22(20)31-25/h6-9,14-15,31H,10-13H2,1-5H3. The second-order valence-electron chi connectivity index (χ2n) is 11.2. The first kappa shape index (κ1) is 24.6. The van der Waals surface area contributed by atoms with Crippen molar-refractivity contribution in [3.63, 3.8) is 0 Å². The van der Waals surface area contributed by atoms with Gasteiger partial charge in [0.05, 0.1) is 17.2 Å². The van der Waals surface area contributed by atoms with Gasteiger partial charge in [-0.15, -0.1) is 0 Å². The molecule has 190 valence electrons. The van der Waals surface area contributed by atoms with E-state index in [1.807, 2.05) is 46.8 Å². The Labute approximate surface area is 215 Å². The largest absolute Gasteiger partial charge is 0.444 e. The molecule has 2 amide bonds. The molecule has 1 fully saturated rings. The molecule has 8 nitrogen and oxygen atoms in total. The molecule has 2 aromatic carbocycles. The number of hydrogen-bond acceptors (Lipinski definition) is 5. The monoisotopic (exact) mass is 498 g/mol. The summed E-state index contributed by atoms with van der Waals surface area (Å²) in [6, 6.07) is 12.7. The van der Waals surface area contributed by atoms with E-state index in [0.717, 1.165) is 22.2 Å². The van der Waals surface area contributed by atoms with Crippen LogP contribution in [-0.4, -0.2) is 64.3 Å². The fraction of sp³-hybridized carbons (Fsp3) is 0.379. The fourth-order valence-electron chi connectivity index (χ4n) is 5.23. The maximum absolute atomic E-state index is 13.6. The number of piperazine rings is 1. The van der Waals surface area contributed by atoms with Gasteiger partial charge in [-0.05, 0) is 56.7 Å². The quantitative estimate of drug-likeness (QED) is 0.528. The van der Waals surface area contributed by atoms with E-state index in [1.54, 1.807) is 34.1 Å². The molecular formula is C29H30N4O4. The van der Waals surface area contributed by atoms with Gasteiger partial charge in [-0.25, -0.2) is 4.79 Å². The van der Waals surface area contributed by atoms with E-state index in [9.17, 15) is 19.6 Å². The summed E-state index contributed by atoms with van der Waals surface area (Å²) in [5, 5.41) is 10.1. The van der Waals surface area contributed by atoms with Gasteiger partial charge >= 0.3 is 6.09 Å². The minimum absolute atomic E-state index is 0.0924. The molecule has 2 heterocycles. The zero-order valence-corrected chi connectivity index (χ0v) is 21.8. The topological polar surface area (TPSA) is 106 Å². The van der Waals surface area contributed by atoms with E-state index in [1.165, 1.54) is 0 Å². The Morgan fingerprint density at radius 1 is 1.03 bits per heavy atom. The lowest BCUT2D eigenvalue weighted by Crippen LogP contribution is -2.51. The van der Waals surface area contributed by atoms with Crippen LogP contribution in [0.3, 0.4) is 0 Å². The van der Waals surface area contributed by atoms with Gasteiger partial charge in [0.1, 0.15) is 5.60 Å². The first-order valence-electron chi connectivity index (χ1n) is 12.4.